The summed E-state index contributed by atoms with van der Waals surface area (Å²) >= 11 is 0. The van der Waals surface area contributed by atoms with Gasteiger partial charge in [-0.05, 0) is 19.3 Å². The van der Waals surface area contributed by atoms with E-state index in [-0.39, 0.29) is 19.0 Å². The maximum absolute atomic E-state index is 12.1. The molecular formula is C41H80O5. The number of carbonyl (C=O) groups is 2. The topological polar surface area (TPSA) is 83.8 Å². The van der Waals surface area contributed by atoms with Crippen LogP contribution in [-0.4, -0.2) is 34.9 Å². The predicted octanol–water partition coefficient (Wildman–Crippen LogP) is 12.9. The highest BCUT2D eigenvalue weighted by Crippen LogP contribution is 2.19. The molecule has 2 unspecified atom stereocenters. The van der Waals surface area contributed by atoms with E-state index in [4.69, 9.17) is 4.74 Å². The Kier molecular flexibility index (Phi) is 35.9. The molecule has 2 atom stereocenters. The molecular weight excluding hydrogens is 572 g/mol. The number of aliphatic carboxylic acids is 1. The zero-order valence-electron chi connectivity index (χ0n) is 31.0. The lowest BCUT2D eigenvalue weighted by Gasteiger charge is -2.17. The van der Waals surface area contributed by atoms with Crippen molar-refractivity contribution in [3.63, 3.8) is 0 Å². The number of carboxylic acids is 1. The maximum Gasteiger partial charge on any atom is 0.306 e. The summed E-state index contributed by atoms with van der Waals surface area (Å²) in [6.45, 7) is 4.44. The number of carbonyl (C=O) groups excluding carboxylic acids is 1. The molecule has 0 bridgehead atoms. The normalized spacial score (nSPS) is 12.8. The van der Waals surface area contributed by atoms with Crippen LogP contribution in [0.5, 0.6) is 0 Å². The molecule has 0 aliphatic carbocycles. The van der Waals surface area contributed by atoms with Gasteiger partial charge in [0.25, 0.3) is 0 Å². The summed E-state index contributed by atoms with van der Waals surface area (Å²) in [6.07, 6.45) is 40.3. The summed E-state index contributed by atoms with van der Waals surface area (Å²) < 4.78 is 5.26. The third kappa shape index (κ3) is 34.2. The Balaban J connectivity index is 3.59. The van der Waals surface area contributed by atoms with Crippen molar-refractivity contribution in [3.8, 4) is 0 Å². The van der Waals surface area contributed by atoms with E-state index in [1.54, 1.807) is 0 Å². The summed E-state index contributed by atoms with van der Waals surface area (Å²) in [6, 6.07) is 0. The molecule has 0 spiro atoms. The average Bonchev–Trinajstić information content (AvgIpc) is 3.04. The van der Waals surface area contributed by atoms with E-state index in [2.05, 4.69) is 13.8 Å². The monoisotopic (exact) mass is 653 g/mol. The zero-order valence-corrected chi connectivity index (χ0v) is 31.0. The fourth-order valence-electron chi connectivity index (χ4n) is 6.58. The van der Waals surface area contributed by atoms with Gasteiger partial charge in [0.15, 0.2) is 0 Å². The second-order valence-electron chi connectivity index (χ2n) is 14.4. The van der Waals surface area contributed by atoms with Crippen LogP contribution in [0.4, 0.5) is 0 Å². The number of aliphatic hydroxyl groups excluding tert-OH is 1. The second kappa shape index (κ2) is 36.7. The van der Waals surface area contributed by atoms with Crippen molar-refractivity contribution >= 4 is 11.9 Å². The van der Waals surface area contributed by atoms with Crippen LogP contribution in [0.15, 0.2) is 0 Å². The molecule has 0 heterocycles. The molecule has 0 amide bonds. The van der Waals surface area contributed by atoms with Gasteiger partial charge in [-0.15, -0.1) is 0 Å². The maximum atomic E-state index is 12.1. The molecule has 2 N–H and O–H groups in total. The van der Waals surface area contributed by atoms with Gasteiger partial charge in [0, 0.05) is 6.42 Å². The number of hydrogen-bond acceptors (Lipinski definition) is 4. The van der Waals surface area contributed by atoms with Crippen LogP contribution in [0, 0.1) is 5.92 Å². The third-order valence-electron chi connectivity index (χ3n) is 9.73. The number of ether oxygens (including phenoxy) is 1. The summed E-state index contributed by atoms with van der Waals surface area (Å²) in [7, 11) is 0. The fraction of sp³-hybridized carbons (Fsp3) is 0.951. The van der Waals surface area contributed by atoms with E-state index < -0.39 is 18.0 Å². The van der Waals surface area contributed by atoms with Crippen LogP contribution in [-0.2, 0) is 14.3 Å². The number of esters is 1. The highest BCUT2D eigenvalue weighted by Gasteiger charge is 2.22. The van der Waals surface area contributed by atoms with Crippen LogP contribution in [0.2, 0.25) is 0 Å². The van der Waals surface area contributed by atoms with Crippen molar-refractivity contribution in [1.29, 1.82) is 0 Å². The lowest BCUT2D eigenvalue weighted by atomic mass is 9.94. The van der Waals surface area contributed by atoms with E-state index in [0.29, 0.717) is 12.8 Å². The first-order chi connectivity index (χ1) is 22.5. The lowest BCUT2D eigenvalue weighted by Crippen LogP contribution is -2.25. The van der Waals surface area contributed by atoms with Gasteiger partial charge in [-0.2, -0.15) is 0 Å². The van der Waals surface area contributed by atoms with Gasteiger partial charge < -0.3 is 14.9 Å². The smallest absolute Gasteiger partial charge is 0.306 e. The molecule has 274 valence electrons. The largest absolute Gasteiger partial charge is 0.481 e. The van der Waals surface area contributed by atoms with Gasteiger partial charge in [0.05, 0.1) is 12.0 Å². The molecule has 0 rings (SSSR count). The Hall–Kier alpha value is -1.10. The van der Waals surface area contributed by atoms with Crippen LogP contribution in [0.1, 0.15) is 232 Å². The first-order valence-electron chi connectivity index (χ1n) is 20.6. The number of hydrogen-bond donors (Lipinski definition) is 2. The van der Waals surface area contributed by atoms with Crippen LogP contribution >= 0.6 is 0 Å². The molecule has 5 heteroatoms. The van der Waals surface area contributed by atoms with Crippen molar-refractivity contribution in [2.24, 2.45) is 5.92 Å². The van der Waals surface area contributed by atoms with Crippen LogP contribution < -0.4 is 0 Å². The summed E-state index contributed by atoms with van der Waals surface area (Å²) in [4.78, 5) is 23.8. The first-order valence-corrected chi connectivity index (χ1v) is 20.6. The van der Waals surface area contributed by atoms with Gasteiger partial charge in [-0.1, -0.05) is 206 Å². The Morgan fingerprint density at radius 2 is 0.783 bits per heavy atom. The molecule has 0 aliphatic heterocycles. The summed E-state index contributed by atoms with van der Waals surface area (Å²) in [5.74, 6) is -1.71. The molecule has 0 radical (unpaired) electrons. The van der Waals surface area contributed by atoms with Crippen molar-refractivity contribution in [2.45, 2.75) is 238 Å². The zero-order chi connectivity index (χ0) is 33.8. The fourth-order valence-corrected chi connectivity index (χ4v) is 6.58. The van der Waals surface area contributed by atoms with Crippen molar-refractivity contribution in [2.75, 3.05) is 6.61 Å². The van der Waals surface area contributed by atoms with E-state index in [1.165, 1.54) is 161 Å². The lowest BCUT2D eigenvalue weighted by molar-refractivity contribution is -0.148. The van der Waals surface area contributed by atoms with Crippen molar-refractivity contribution < 1.29 is 24.5 Å². The van der Waals surface area contributed by atoms with Crippen LogP contribution in [0.3, 0.4) is 0 Å². The highest BCUT2D eigenvalue weighted by molar-refractivity contribution is 5.70. The number of aliphatic hydroxyl groups is 1. The van der Waals surface area contributed by atoms with Gasteiger partial charge in [0.1, 0.15) is 6.61 Å². The molecule has 0 saturated carbocycles. The molecule has 46 heavy (non-hydrogen) atoms. The number of carboxylic acid groups (broad SMARTS) is 1. The molecule has 0 fully saturated rings. The minimum atomic E-state index is -0.910. The molecule has 0 aromatic rings. The molecule has 0 aliphatic rings. The third-order valence-corrected chi connectivity index (χ3v) is 9.73. The van der Waals surface area contributed by atoms with Crippen molar-refractivity contribution in [1.82, 2.24) is 0 Å². The van der Waals surface area contributed by atoms with E-state index in [9.17, 15) is 19.8 Å². The molecule has 0 aromatic carbocycles. The minimum absolute atomic E-state index is 0.0969. The van der Waals surface area contributed by atoms with Gasteiger partial charge in [-0.3, -0.25) is 9.59 Å². The van der Waals surface area contributed by atoms with E-state index in [1.807, 2.05) is 0 Å². The van der Waals surface area contributed by atoms with Crippen molar-refractivity contribution in [3.05, 3.63) is 0 Å². The Morgan fingerprint density at radius 1 is 0.478 bits per heavy atom. The second-order valence-corrected chi connectivity index (χ2v) is 14.4. The van der Waals surface area contributed by atoms with Crippen LogP contribution in [0.25, 0.3) is 0 Å². The Bertz CT molecular complexity index is 636. The quantitative estimate of drug-likeness (QED) is 0.0512. The van der Waals surface area contributed by atoms with Gasteiger partial charge >= 0.3 is 11.9 Å². The molecule has 0 aromatic heterocycles. The summed E-state index contributed by atoms with van der Waals surface area (Å²) in [5.41, 5.74) is 0. The Morgan fingerprint density at radius 3 is 1.11 bits per heavy atom. The number of rotatable bonds is 38. The molecule has 5 nitrogen and oxygen atoms in total. The highest BCUT2D eigenvalue weighted by atomic mass is 16.5. The van der Waals surface area contributed by atoms with E-state index in [0.717, 1.165) is 38.5 Å². The standard InChI is InChI=1S/C41H80O5/c1-3-5-7-9-11-13-15-17-19-21-23-25-27-29-31-33-35-40(43)46-37-39(42)36-38(41(44)45)34-32-30-28-26-24-22-20-18-16-14-12-10-8-6-4-2/h38-39,42H,3-37H2,1-2H3,(H,44,45). The Labute approximate surface area is 286 Å². The molecule has 0 saturated heterocycles. The number of unbranched alkanes of at least 4 members (excludes halogenated alkanes) is 29. The minimum Gasteiger partial charge on any atom is -0.481 e. The first kappa shape index (κ1) is 44.9. The average molecular weight is 653 g/mol. The summed E-state index contributed by atoms with van der Waals surface area (Å²) in [5, 5.41) is 19.9. The van der Waals surface area contributed by atoms with Gasteiger partial charge in [-0.25, -0.2) is 0 Å². The predicted molar refractivity (Wildman–Crippen MR) is 196 cm³/mol. The van der Waals surface area contributed by atoms with Gasteiger partial charge in [0.2, 0.25) is 0 Å². The SMILES string of the molecule is CCCCCCCCCCCCCCCCCCC(=O)OCC(O)CC(CCCCCCCCCCCCCCCCC)C(=O)O. The van der Waals surface area contributed by atoms with E-state index >= 15 is 0 Å².